The van der Waals surface area contributed by atoms with Crippen molar-refractivity contribution >= 4 is 17.7 Å². The summed E-state index contributed by atoms with van der Waals surface area (Å²) in [5.74, 6) is 0.303. The van der Waals surface area contributed by atoms with Crippen LogP contribution < -0.4 is 11.5 Å². The maximum absolute atomic E-state index is 10.9. The Labute approximate surface area is 93.4 Å². The Bertz CT molecular complexity index is 327. The molecule has 0 aliphatic carbocycles. The first-order chi connectivity index (χ1) is 7.02. The van der Waals surface area contributed by atoms with E-state index in [9.17, 15) is 4.79 Å². The van der Waals surface area contributed by atoms with Crippen LogP contribution in [0.25, 0.3) is 0 Å². The molecule has 0 bridgehead atoms. The van der Waals surface area contributed by atoms with E-state index >= 15 is 0 Å². The van der Waals surface area contributed by atoms with E-state index < -0.39 is 11.4 Å². The summed E-state index contributed by atoms with van der Waals surface area (Å²) >= 11 is 1.64. The van der Waals surface area contributed by atoms with Gasteiger partial charge in [0.05, 0.1) is 5.54 Å². The van der Waals surface area contributed by atoms with E-state index in [-0.39, 0.29) is 0 Å². The molecule has 0 aliphatic heterocycles. The number of nitrogens with zero attached hydrogens (tertiary/aromatic N) is 1. The number of thioether (sulfide) groups is 1. The van der Waals surface area contributed by atoms with E-state index in [4.69, 9.17) is 11.5 Å². The molecule has 4 N–H and O–H groups in total. The Morgan fingerprint density at radius 2 is 2.13 bits per heavy atom. The van der Waals surface area contributed by atoms with Gasteiger partial charge in [-0.1, -0.05) is 0 Å². The lowest BCUT2D eigenvalue weighted by Gasteiger charge is -2.19. The molecule has 0 saturated carbocycles. The van der Waals surface area contributed by atoms with Gasteiger partial charge in [-0.3, -0.25) is 9.78 Å². The molecule has 5 heteroatoms. The molecule has 1 atom stereocenters. The van der Waals surface area contributed by atoms with E-state index in [1.54, 1.807) is 31.1 Å². The van der Waals surface area contributed by atoms with Crippen LogP contribution in [0.5, 0.6) is 0 Å². The molecular weight excluding hydrogens is 210 g/mol. The fourth-order valence-corrected chi connectivity index (χ4v) is 2.01. The lowest BCUT2D eigenvalue weighted by atomic mass is 10.0. The molecule has 4 nitrogen and oxygen atoms in total. The lowest BCUT2D eigenvalue weighted by Crippen LogP contribution is -2.49. The molecule has 1 aromatic rings. The Morgan fingerprint density at radius 3 is 2.67 bits per heavy atom. The predicted molar refractivity (Wildman–Crippen MR) is 61.4 cm³/mol. The van der Waals surface area contributed by atoms with Crippen LogP contribution in [0.4, 0.5) is 0 Å². The minimum Gasteiger partial charge on any atom is -0.368 e. The second-order valence-electron chi connectivity index (χ2n) is 3.56. The van der Waals surface area contributed by atoms with Crippen LogP contribution in [0.1, 0.15) is 13.3 Å². The highest BCUT2D eigenvalue weighted by Gasteiger charge is 2.24. The topological polar surface area (TPSA) is 82.0 Å². The Kier molecular flexibility index (Phi) is 4.11. The summed E-state index contributed by atoms with van der Waals surface area (Å²) < 4.78 is 0. The standard InChI is InChI=1S/C10H15N3OS/c1-10(12,9(11)14)4-7-15-8-2-5-13-6-3-8/h2-3,5-6H,4,7,12H2,1H3,(H2,11,14). The van der Waals surface area contributed by atoms with Gasteiger partial charge in [-0.25, -0.2) is 0 Å². The fraction of sp³-hybridized carbons (Fsp3) is 0.400. The highest BCUT2D eigenvalue weighted by atomic mass is 32.2. The van der Waals surface area contributed by atoms with Gasteiger partial charge >= 0.3 is 0 Å². The largest absolute Gasteiger partial charge is 0.368 e. The van der Waals surface area contributed by atoms with Crippen molar-refractivity contribution in [2.24, 2.45) is 11.5 Å². The average molecular weight is 225 g/mol. The second kappa shape index (κ2) is 5.14. The maximum atomic E-state index is 10.9. The number of carbonyl (C=O) groups is 1. The van der Waals surface area contributed by atoms with Crippen molar-refractivity contribution in [3.63, 3.8) is 0 Å². The van der Waals surface area contributed by atoms with Crippen LogP contribution >= 0.6 is 11.8 Å². The highest BCUT2D eigenvalue weighted by Crippen LogP contribution is 2.19. The molecule has 82 valence electrons. The van der Waals surface area contributed by atoms with Gasteiger partial charge in [-0.05, 0) is 25.5 Å². The zero-order valence-corrected chi connectivity index (χ0v) is 9.46. The van der Waals surface area contributed by atoms with Crippen molar-refractivity contribution < 1.29 is 4.79 Å². The Morgan fingerprint density at radius 1 is 1.53 bits per heavy atom. The number of pyridine rings is 1. The minimum atomic E-state index is -0.917. The van der Waals surface area contributed by atoms with Crippen molar-refractivity contribution in [3.8, 4) is 0 Å². The van der Waals surface area contributed by atoms with E-state index in [0.29, 0.717) is 6.42 Å². The van der Waals surface area contributed by atoms with Gasteiger partial charge in [0.25, 0.3) is 0 Å². The Hall–Kier alpha value is -1.07. The molecule has 1 amide bonds. The summed E-state index contributed by atoms with van der Waals surface area (Å²) in [6.45, 7) is 1.66. The first-order valence-electron chi connectivity index (χ1n) is 4.64. The summed E-state index contributed by atoms with van der Waals surface area (Å²) in [5, 5.41) is 0. The number of hydrogen-bond acceptors (Lipinski definition) is 4. The predicted octanol–water partition coefficient (Wildman–Crippen LogP) is 0.766. The minimum absolute atomic E-state index is 0.460. The highest BCUT2D eigenvalue weighted by molar-refractivity contribution is 7.99. The number of hydrogen-bond donors (Lipinski definition) is 2. The summed E-state index contributed by atoms with van der Waals surface area (Å²) in [6, 6.07) is 3.84. The first-order valence-corrected chi connectivity index (χ1v) is 5.62. The number of amides is 1. The molecular formula is C10H15N3OS. The van der Waals surface area contributed by atoms with Gasteiger partial charge in [0.1, 0.15) is 0 Å². The molecule has 15 heavy (non-hydrogen) atoms. The summed E-state index contributed by atoms with van der Waals surface area (Å²) in [6.07, 6.45) is 4.03. The normalized spacial score (nSPS) is 14.5. The zero-order valence-electron chi connectivity index (χ0n) is 8.64. The smallest absolute Gasteiger partial charge is 0.237 e. The molecule has 0 saturated heterocycles. The monoisotopic (exact) mass is 225 g/mol. The quantitative estimate of drug-likeness (QED) is 0.725. The first kappa shape index (κ1) is 12.0. The van der Waals surface area contributed by atoms with E-state index in [0.717, 1.165) is 10.6 Å². The molecule has 0 radical (unpaired) electrons. The third-order valence-electron chi connectivity index (χ3n) is 2.10. The van der Waals surface area contributed by atoms with Crippen molar-refractivity contribution in [2.45, 2.75) is 23.8 Å². The third kappa shape index (κ3) is 3.89. The molecule has 0 aliphatic rings. The average Bonchev–Trinajstić information content (AvgIpc) is 2.19. The number of aromatic nitrogens is 1. The lowest BCUT2D eigenvalue weighted by molar-refractivity contribution is -0.122. The van der Waals surface area contributed by atoms with Crippen molar-refractivity contribution in [3.05, 3.63) is 24.5 Å². The number of rotatable bonds is 5. The molecule has 0 aromatic carbocycles. The van der Waals surface area contributed by atoms with Crippen LogP contribution in [-0.2, 0) is 4.79 Å². The molecule has 1 unspecified atom stereocenters. The number of carbonyl (C=O) groups excluding carboxylic acids is 1. The van der Waals surface area contributed by atoms with Crippen LogP contribution in [-0.4, -0.2) is 22.2 Å². The van der Waals surface area contributed by atoms with Crippen LogP contribution in [0.3, 0.4) is 0 Å². The van der Waals surface area contributed by atoms with E-state index in [1.165, 1.54) is 0 Å². The van der Waals surface area contributed by atoms with Gasteiger partial charge in [-0.2, -0.15) is 0 Å². The van der Waals surface area contributed by atoms with Gasteiger partial charge in [0, 0.05) is 23.0 Å². The van der Waals surface area contributed by atoms with Crippen LogP contribution in [0.2, 0.25) is 0 Å². The number of primary amides is 1. The third-order valence-corrected chi connectivity index (χ3v) is 3.12. The summed E-state index contributed by atoms with van der Waals surface area (Å²) in [7, 11) is 0. The van der Waals surface area contributed by atoms with Gasteiger partial charge in [0.2, 0.25) is 5.91 Å². The Balaban J connectivity index is 2.37. The van der Waals surface area contributed by atoms with E-state index in [1.807, 2.05) is 12.1 Å². The molecule has 1 heterocycles. The molecule has 1 rings (SSSR count). The van der Waals surface area contributed by atoms with E-state index in [2.05, 4.69) is 4.98 Å². The van der Waals surface area contributed by atoms with Gasteiger partial charge in [-0.15, -0.1) is 11.8 Å². The molecule has 1 aromatic heterocycles. The van der Waals surface area contributed by atoms with Gasteiger partial charge in [0.15, 0.2) is 0 Å². The van der Waals surface area contributed by atoms with Crippen molar-refractivity contribution in [1.82, 2.24) is 4.98 Å². The zero-order chi connectivity index (χ0) is 11.3. The second-order valence-corrected chi connectivity index (χ2v) is 4.73. The number of nitrogens with two attached hydrogens (primary N) is 2. The molecule has 0 spiro atoms. The summed E-state index contributed by atoms with van der Waals surface area (Å²) in [5.41, 5.74) is 9.97. The SMILES string of the molecule is CC(N)(CCSc1ccncc1)C(N)=O. The molecule has 0 fully saturated rings. The van der Waals surface area contributed by atoms with Gasteiger partial charge < -0.3 is 11.5 Å². The van der Waals surface area contributed by atoms with Crippen molar-refractivity contribution in [1.29, 1.82) is 0 Å². The maximum Gasteiger partial charge on any atom is 0.237 e. The van der Waals surface area contributed by atoms with Crippen LogP contribution in [0.15, 0.2) is 29.4 Å². The van der Waals surface area contributed by atoms with Crippen LogP contribution in [0, 0.1) is 0 Å². The van der Waals surface area contributed by atoms with Crippen molar-refractivity contribution in [2.75, 3.05) is 5.75 Å². The fourth-order valence-electron chi connectivity index (χ4n) is 0.939. The summed E-state index contributed by atoms with van der Waals surface area (Å²) in [4.78, 5) is 16.0.